The van der Waals surface area contributed by atoms with Crippen LogP contribution in [-0.4, -0.2) is 70.8 Å². The number of carbonyl (C=O) groups excluding carboxylic acids is 4. The first-order valence-electron chi connectivity index (χ1n) is 12.1. The number of hydrogen-bond donors (Lipinski definition) is 1. The van der Waals surface area contributed by atoms with E-state index in [1.165, 1.54) is 40.5 Å². The lowest BCUT2D eigenvalue weighted by Crippen LogP contribution is -2.41. The number of piperidine rings is 1. The van der Waals surface area contributed by atoms with Gasteiger partial charge in [0.1, 0.15) is 12.4 Å². The first kappa shape index (κ1) is 25.7. The summed E-state index contributed by atoms with van der Waals surface area (Å²) in [5.41, 5.74) is 0.881. The average molecular weight is 517 g/mol. The second-order valence-corrected chi connectivity index (χ2v) is 9.81. The SMILES string of the molecule is CCOC(=O)C1CCN(C(=O)Cc2csc(NC(=O)CN(C(=O)c3ccc(F)cc3)C3CC3)n2)CC1. The lowest BCUT2D eigenvalue weighted by Gasteiger charge is -2.30. The Hall–Kier alpha value is -3.34. The van der Waals surface area contributed by atoms with Gasteiger partial charge in [0.25, 0.3) is 5.91 Å². The highest BCUT2D eigenvalue weighted by molar-refractivity contribution is 7.13. The first-order valence-corrected chi connectivity index (χ1v) is 13.0. The summed E-state index contributed by atoms with van der Waals surface area (Å²) in [5, 5.41) is 4.79. The topological polar surface area (TPSA) is 109 Å². The van der Waals surface area contributed by atoms with Gasteiger partial charge in [0.2, 0.25) is 11.8 Å². The summed E-state index contributed by atoms with van der Waals surface area (Å²) in [6.07, 6.45) is 2.91. The van der Waals surface area contributed by atoms with Gasteiger partial charge in [-0.3, -0.25) is 19.2 Å². The van der Waals surface area contributed by atoms with Crippen molar-refractivity contribution in [3.8, 4) is 0 Å². The maximum Gasteiger partial charge on any atom is 0.309 e. The molecular formula is C25H29FN4O5S. The number of ether oxygens (including phenoxy) is 1. The van der Waals surface area contributed by atoms with Gasteiger partial charge < -0.3 is 19.9 Å². The van der Waals surface area contributed by atoms with Crippen LogP contribution in [0.1, 0.15) is 48.7 Å². The molecule has 0 radical (unpaired) electrons. The van der Waals surface area contributed by atoms with E-state index in [1.807, 2.05) is 0 Å². The third-order valence-corrected chi connectivity index (χ3v) is 7.06. The van der Waals surface area contributed by atoms with Crippen LogP contribution in [0.4, 0.5) is 9.52 Å². The molecule has 2 aromatic rings. The maximum absolute atomic E-state index is 13.2. The van der Waals surface area contributed by atoms with E-state index in [0.717, 1.165) is 12.8 Å². The lowest BCUT2D eigenvalue weighted by molar-refractivity contribution is -0.151. The Labute approximate surface area is 212 Å². The fraction of sp³-hybridized carbons (Fsp3) is 0.480. The fourth-order valence-corrected chi connectivity index (χ4v) is 4.89. The molecule has 1 aliphatic carbocycles. The molecule has 0 bridgehead atoms. The van der Waals surface area contributed by atoms with E-state index in [4.69, 9.17) is 4.74 Å². The van der Waals surface area contributed by atoms with Crippen molar-refractivity contribution in [1.82, 2.24) is 14.8 Å². The minimum Gasteiger partial charge on any atom is -0.466 e. The Balaban J connectivity index is 1.27. The van der Waals surface area contributed by atoms with Gasteiger partial charge in [-0.05, 0) is 56.9 Å². The number of rotatable bonds is 9. The van der Waals surface area contributed by atoms with Gasteiger partial charge in [-0.15, -0.1) is 11.3 Å². The lowest BCUT2D eigenvalue weighted by atomic mass is 9.97. The van der Waals surface area contributed by atoms with Crippen LogP contribution in [0, 0.1) is 11.7 Å². The van der Waals surface area contributed by atoms with E-state index in [9.17, 15) is 23.6 Å². The molecule has 0 spiro atoms. The summed E-state index contributed by atoms with van der Waals surface area (Å²) in [6, 6.07) is 5.26. The van der Waals surface area contributed by atoms with Crippen LogP contribution >= 0.6 is 11.3 Å². The van der Waals surface area contributed by atoms with Crippen molar-refractivity contribution in [2.75, 3.05) is 31.6 Å². The number of halogens is 1. The summed E-state index contributed by atoms with van der Waals surface area (Å²) in [4.78, 5) is 57.6. The molecule has 192 valence electrons. The van der Waals surface area contributed by atoms with Crippen LogP contribution in [-0.2, 0) is 25.5 Å². The Bertz CT molecular complexity index is 1110. The van der Waals surface area contributed by atoms with Crippen molar-refractivity contribution < 1.29 is 28.3 Å². The molecule has 3 amide bonds. The van der Waals surface area contributed by atoms with Crippen LogP contribution in [0.2, 0.25) is 0 Å². The molecule has 1 saturated carbocycles. The van der Waals surface area contributed by atoms with E-state index in [2.05, 4.69) is 10.3 Å². The van der Waals surface area contributed by atoms with Crippen LogP contribution in [0.5, 0.6) is 0 Å². The van der Waals surface area contributed by atoms with E-state index >= 15 is 0 Å². The zero-order valence-corrected chi connectivity index (χ0v) is 20.9. The van der Waals surface area contributed by atoms with Crippen LogP contribution in [0.15, 0.2) is 29.6 Å². The van der Waals surface area contributed by atoms with Gasteiger partial charge in [0, 0.05) is 30.1 Å². The van der Waals surface area contributed by atoms with Crippen LogP contribution in [0.3, 0.4) is 0 Å². The number of esters is 1. The van der Waals surface area contributed by atoms with Crippen molar-refractivity contribution in [2.45, 2.75) is 45.1 Å². The molecule has 2 heterocycles. The van der Waals surface area contributed by atoms with Crippen LogP contribution < -0.4 is 5.32 Å². The van der Waals surface area contributed by atoms with Gasteiger partial charge in [-0.1, -0.05) is 0 Å². The van der Waals surface area contributed by atoms with Gasteiger partial charge >= 0.3 is 5.97 Å². The predicted molar refractivity (Wildman–Crippen MR) is 131 cm³/mol. The number of carbonyl (C=O) groups is 4. The third-order valence-electron chi connectivity index (χ3n) is 6.25. The fourth-order valence-electron chi connectivity index (χ4n) is 4.16. The standard InChI is InChI=1S/C25H29FN4O5S/c1-2-35-24(34)17-9-11-29(12-10-17)22(32)13-19-15-36-25(27-19)28-21(31)14-30(20-7-8-20)23(33)16-3-5-18(26)6-4-16/h3-6,15,17,20H,2,7-14H2,1H3,(H,27,28,31). The van der Waals surface area contributed by atoms with Crippen molar-refractivity contribution in [3.05, 3.63) is 46.7 Å². The van der Waals surface area contributed by atoms with Crippen molar-refractivity contribution in [1.29, 1.82) is 0 Å². The molecular weight excluding hydrogens is 487 g/mol. The summed E-state index contributed by atoms with van der Waals surface area (Å²) >= 11 is 1.21. The Kier molecular flexibility index (Phi) is 8.29. The van der Waals surface area contributed by atoms with Crippen molar-refractivity contribution >= 4 is 40.2 Å². The van der Waals surface area contributed by atoms with Gasteiger partial charge in [-0.2, -0.15) is 0 Å². The number of likely N-dealkylation sites (tertiary alicyclic amines) is 1. The Morgan fingerprint density at radius 2 is 1.83 bits per heavy atom. The highest BCUT2D eigenvalue weighted by Gasteiger charge is 2.34. The summed E-state index contributed by atoms with van der Waals surface area (Å²) in [6.45, 7) is 2.98. The second-order valence-electron chi connectivity index (χ2n) is 8.95. The highest BCUT2D eigenvalue weighted by Crippen LogP contribution is 2.28. The number of aromatic nitrogens is 1. The Morgan fingerprint density at radius 3 is 2.47 bits per heavy atom. The van der Waals surface area contributed by atoms with E-state index in [0.29, 0.717) is 48.9 Å². The summed E-state index contributed by atoms with van der Waals surface area (Å²) in [7, 11) is 0. The number of benzene rings is 1. The quantitative estimate of drug-likeness (QED) is 0.514. The molecule has 2 fully saturated rings. The smallest absolute Gasteiger partial charge is 0.309 e. The molecule has 1 saturated heterocycles. The molecule has 1 aromatic heterocycles. The van der Waals surface area contributed by atoms with E-state index in [-0.39, 0.29) is 48.6 Å². The minimum atomic E-state index is -0.429. The zero-order valence-electron chi connectivity index (χ0n) is 20.1. The molecule has 0 unspecified atom stereocenters. The third kappa shape index (κ3) is 6.66. The number of anilines is 1. The molecule has 4 rings (SSSR count). The summed E-state index contributed by atoms with van der Waals surface area (Å²) in [5.74, 6) is -1.58. The summed E-state index contributed by atoms with van der Waals surface area (Å²) < 4.78 is 18.3. The van der Waals surface area contributed by atoms with Gasteiger partial charge in [0.05, 0.1) is 24.6 Å². The number of thiazole rings is 1. The molecule has 1 aromatic carbocycles. The second kappa shape index (κ2) is 11.6. The van der Waals surface area contributed by atoms with E-state index < -0.39 is 5.82 Å². The first-order chi connectivity index (χ1) is 17.3. The molecule has 36 heavy (non-hydrogen) atoms. The molecule has 11 heteroatoms. The zero-order chi connectivity index (χ0) is 25.7. The van der Waals surface area contributed by atoms with Gasteiger partial charge in [0.15, 0.2) is 5.13 Å². The van der Waals surface area contributed by atoms with E-state index in [1.54, 1.807) is 17.2 Å². The molecule has 9 nitrogen and oxygen atoms in total. The predicted octanol–water partition coefficient (Wildman–Crippen LogP) is 2.87. The number of nitrogens with zero attached hydrogens (tertiary/aromatic N) is 3. The highest BCUT2D eigenvalue weighted by atomic mass is 32.1. The van der Waals surface area contributed by atoms with Crippen molar-refractivity contribution in [2.24, 2.45) is 5.92 Å². The monoisotopic (exact) mass is 516 g/mol. The molecule has 1 aliphatic heterocycles. The number of hydrogen-bond acceptors (Lipinski definition) is 7. The number of nitrogens with one attached hydrogen (secondary N) is 1. The maximum atomic E-state index is 13.2. The largest absolute Gasteiger partial charge is 0.466 e. The van der Waals surface area contributed by atoms with Crippen LogP contribution in [0.25, 0.3) is 0 Å². The van der Waals surface area contributed by atoms with Gasteiger partial charge in [-0.25, -0.2) is 9.37 Å². The molecule has 1 N–H and O–H groups in total. The Morgan fingerprint density at radius 1 is 1.14 bits per heavy atom. The minimum absolute atomic E-state index is 0.00857. The number of amides is 3. The average Bonchev–Trinajstić information content (AvgIpc) is 3.63. The normalized spacial score (nSPS) is 15.9. The molecule has 2 aliphatic rings. The van der Waals surface area contributed by atoms with Crippen molar-refractivity contribution in [3.63, 3.8) is 0 Å². The molecule has 0 atom stereocenters.